The van der Waals surface area contributed by atoms with Gasteiger partial charge in [-0.15, -0.1) is 0 Å². The van der Waals surface area contributed by atoms with Crippen LogP contribution in [0, 0.1) is 28.6 Å². The van der Waals surface area contributed by atoms with Crippen molar-refractivity contribution in [2.45, 2.75) is 140 Å². The number of hydrogen-bond donors (Lipinski definition) is 6. The molecule has 0 aliphatic heterocycles. The SMILES string of the molecule is CCCC[C@@](C)(O)CC[C@@H](O)[C@](C)(O)[C@H]1CC[C@@]2(O)C3=CC(=O)[C@@H]4C[C@@H](O)[C@@H](O)C[C@]4(C)[C@H]3CC[C@]12C. The summed E-state index contributed by atoms with van der Waals surface area (Å²) < 4.78 is 0. The highest BCUT2D eigenvalue weighted by Gasteiger charge is 2.69. The second-order valence-electron chi connectivity index (χ2n) is 14.0. The van der Waals surface area contributed by atoms with Crippen molar-refractivity contribution in [3.63, 3.8) is 0 Å². The van der Waals surface area contributed by atoms with Crippen LogP contribution in [0.2, 0.25) is 0 Å². The summed E-state index contributed by atoms with van der Waals surface area (Å²) >= 11 is 0. The van der Waals surface area contributed by atoms with E-state index in [1.807, 2.05) is 13.8 Å². The molecule has 0 amide bonds. The number of hydrogen-bond acceptors (Lipinski definition) is 7. The average Bonchev–Trinajstić information content (AvgIpc) is 3.10. The number of fused-ring (bicyclic) bond motifs is 5. The Kier molecular flexibility index (Phi) is 7.62. The molecule has 0 spiro atoms. The number of carbonyl (C=O) groups is 1. The molecule has 0 aromatic carbocycles. The zero-order valence-corrected chi connectivity index (χ0v) is 23.4. The van der Waals surface area contributed by atoms with Gasteiger partial charge in [0, 0.05) is 11.3 Å². The lowest BCUT2D eigenvalue weighted by Gasteiger charge is -2.60. The second-order valence-corrected chi connectivity index (χ2v) is 14.0. The Morgan fingerprint density at radius 1 is 1.05 bits per heavy atom. The number of carbonyl (C=O) groups excluding carboxylic acids is 1. The molecule has 212 valence electrons. The van der Waals surface area contributed by atoms with Gasteiger partial charge < -0.3 is 30.6 Å². The van der Waals surface area contributed by atoms with E-state index in [-0.39, 0.29) is 36.4 Å². The molecular formula is C30H50O7. The first kappa shape index (κ1) is 29.2. The maximum atomic E-state index is 13.3. The quantitative estimate of drug-likeness (QED) is 0.288. The van der Waals surface area contributed by atoms with Gasteiger partial charge in [-0.2, -0.15) is 0 Å². The number of aliphatic hydroxyl groups excluding tert-OH is 3. The Morgan fingerprint density at radius 2 is 1.73 bits per heavy atom. The molecule has 7 heteroatoms. The standard InChI is InChI=1S/C30H50O7/c1-6-7-11-26(2,35)12-10-25(34)29(5,36)24-9-14-30(37)19-15-21(31)20-16-22(32)23(33)17-27(20,3)18(19)8-13-28(24,30)4/h15,18,20,22-25,32-37H,6-14,16-17H2,1-5H3/t18-,20-,22+,23-,24-,25+,26+,27+,28+,29+,30+/m0/s1. The fraction of sp³-hybridized carbons (Fsp3) is 0.900. The molecule has 6 N–H and O–H groups in total. The maximum absolute atomic E-state index is 13.3. The van der Waals surface area contributed by atoms with Crippen LogP contribution in [-0.2, 0) is 4.79 Å². The first-order valence-electron chi connectivity index (χ1n) is 14.5. The predicted octanol–water partition coefficient (Wildman–Crippen LogP) is 3.02. The second kappa shape index (κ2) is 9.67. The van der Waals surface area contributed by atoms with Gasteiger partial charge in [-0.3, -0.25) is 4.79 Å². The molecular weight excluding hydrogens is 472 g/mol. The number of rotatable bonds is 8. The van der Waals surface area contributed by atoms with E-state index in [0.29, 0.717) is 50.5 Å². The predicted molar refractivity (Wildman–Crippen MR) is 140 cm³/mol. The van der Waals surface area contributed by atoms with E-state index in [9.17, 15) is 35.4 Å². The highest BCUT2D eigenvalue weighted by molar-refractivity contribution is 5.95. The summed E-state index contributed by atoms with van der Waals surface area (Å²) in [5.41, 5.74) is -4.22. The summed E-state index contributed by atoms with van der Waals surface area (Å²) in [6.45, 7) is 9.51. The summed E-state index contributed by atoms with van der Waals surface area (Å²) in [4.78, 5) is 13.3. The van der Waals surface area contributed by atoms with Crippen LogP contribution in [0.1, 0.15) is 105 Å². The first-order valence-corrected chi connectivity index (χ1v) is 14.5. The number of ketones is 1. The summed E-state index contributed by atoms with van der Waals surface area (Å²) in [6, 6.07) is 0. The van der Waals surface area contributed by atoms with Crippen LogP contribution in [0.25, 0.3) is 0 Å². The Balaban J connectivity index is 1.59. The van der Waals surface area contributed by atoms with E-state index in [1.54, 1.807) is 19.9 Å². The van der Waals surface area contributed by atoms with Crippen LogP contribution in [-0.4, -0.2) is 71.5 Å². The molecule has 0 aromatic rings. The van der Waals surface area contributed by atoms with E-state index in [4.69, 9.17) is 0 Å². The lowest BCUT2D eigenvalue weighted by Crippen LogP contribution is -2.62. The molecule has 0 bridgehead atoms. The molecule has 7 nitrogen and oxygen atoms in total. The lowest BCUT2D eigenvalue weighted by atomic mass is 9.45. The zero-order chi connectivity index (χ0) is 27.6. The van der Waals surface area contributed by atoms with Crippen molar-refractivity contribution >= 4 is 5.78 Å². The van der Waals surface area contributed by atoms with Gasteiger partial charge in [-0.05, 0) is 101 Å². The molecule has 37 heavy (non-hydrogen) atoms. The summed E-state index contributed by atoms with van der Waals surface area (Å²) in [6.07, 6.45) is 4.73. The number of allylic oxidation sites excluding steroid dienone is 1. The van der Waals surface area contributed by atoms with Gasteiger partial charge in [0.25, 0.3) is 0 Å². The first-order chi connectivity index (χ1) is 17.0. The Morgan fingerprint density at radius 3 is 2.38 bits per heavy atom. The van der Waals surface area contributed by atoms with E-state index in [2.05, 4.69) is 6.92 Å². The van der Waals surface area contributed by atoms with Crippen molar-refractivity contribution in [3.05, 3.63) is 11.6 Å². The molecule has 0 radical (unpaired) electrons. The smallest absolute Gasteiger partial charge is 0.159 e. The van der Waals surface area contributed by atoms with Crippen molar-refractivity contribution in [2.24, 2.45) is 28.6 Å². The number of unbranched alkanes of at least 4 members (excludes halogenated alkanes) is 1. The Labute approximate surface area is 222 Å². The summed E-state index contributed by atoms with van der Waals surface area (Å²) in [5.74, 6) is -0.947. The van der Waals surface area contributed by atoms with Gasteiger partial charge in [0.2, 0.25) is 0 Å². The highest BCUT2D eigenvalue weighted by Crippen LogP contribution is 2.68. The Bertz CT molecular complexity index is 912. The molecule has 0 aromatic heterocycles. The summed E-state index contributed by atoms with van der Waals surface area (Å²) in [5, 5.41) is 66.7. The van der Waals surface area contributed by atoms with Gasteiger partial charge >= 0.3 is 0 Å². The van der Waals surface area contributed by atoms with Gasteiger partial charge in [-0.1, -0.05) is 33.6 Å². The van der Waals surface area contributed by atoms with Gasteiger partial charge in [0.05, 0.1) is 35.1 Å². The largest absolute Gasteiger partial charge is 0.390 e. The topological polar surface area (TPSA) is 138 Å². The average molecular weight is 523 g/mol. The van der Waals surface area contributed by atoms with Crippen molar-refractivity contribution in [2.75, 3.05) is 0 Å². The monoisotopic (exact) mass is 522 g/mol. The third-order valence-corrected chi connectivity index (χ3v) is 11.5. The minimum atomic E-state index is -1.47. The third kappa shape index (κ3) is 4.55. The maximum Gasteiger partial charge on any atom is 0.159 e. The van der Waals surface area contributed by atoms with Crippen LogP contribution in [0.3, 0.4) is 0 Å². The van der Waals surface area contributed by atoms with Crippen LogP contribution in [0.15, 0.2) is 11.6 Å². The molecule has 3 saturated carbocycles. The fourth-order valence-electron chi connectivity index (χ4n) is 8.96. The van der Waals surface area contributed by atoms with E-state index < -0.39 is 45.9 Å². The third-order valence-electron chi connectivity index (χ3n) is 11.5. The number of aliphatic hydroxyl groups is 6. The minimum Gasteiger partial charge on any atom is -0.390 e. The minimum absolute atomic E-state index is 0.0855. The lowest BCUT2D eigenvalue weighted by molar-refractivity contribution is -0.177. The van der Waals surface area contributed by atoms with Crippen molar-refractivity contribution in [3.8, 4) is 0 Å². The van der Waals surface area contributed by atoms with Crippen molar-refractivity contribution in [1.82, 2.24) is 0 Å². The molecule has 0 saturated heterocycles. The van der Waals surface area contributed by atoms with E-state index in [1.165, 1.54) is 0 Å². The van der Waals surface area contributed by atoms with Crippen LogP contribution >= 0.6 is 0 Å². The van der Waals surface area contributed by atoms with Crippen LogP contribution < -0.4 is 0 Å². The van der Waals surface area contributed by atoms with Gasteiger partial charge in [0.1, 0.15) is 0 Å². The molecule has 0 unspecified atom stereocenters. The normalized spacial score (nSPS) is 45.6. The van der Waals surface area contributed by atoms with Crippen LogP contribution in [0.5, 0.6) is 0 Å². The molecule has 11 atom stereocenters. The molecule has 4 aliphatic carbocycles. The summed E-state index contributed by atoms with van der Waals surface area (Å²) in [7, 11) is 0. The van der Waals surface area contributed by atoms with Crippen molar-refractivity contribution < 1.29 is 35.4 Å². The van der Waals surface area contributed by atoms with Gasteiger partial charge in [-0.25, -0.2) is 0 Å². The molecule has 4 rings (SSSR count). The highest BCUT2D eigenvalue weighted by atomic mass is 16.3. The fourth-order valence-corrected chi connectivity index (χ4v) is 8.96. The zero-order valence-electron chi connectivity index (χ0n) is 23.4. The van der Waals surface area contributed by atoms with E-state index >= 15 is 0 Å². The van der Waals surface area contributed by atoms with E-state index in [0.717, 1.165) is 12.8 Å². The Hall–Kier alpha value is -0.830. The van der Waals surface area contributed by atoms with Gasteiger partial charge in [0.15, 0.2) is 5.78 Å². The van der Waals surface area contributed by atoms with Crippen molar-refractivity contribution in [1.29, 1.82) is 0 Å². The molecule has 4 aliphatic rings. The molecule has 0 heterocycles. The molecule has 3 fully saturated rings. The van der Waals surface area contributed by atoms with Crippen LogP contribution in [0.4, 0.5) is 0 Å².